The van der Waals surface area contributed by atoms with E-state index in [0.29, 0.717) is 18.8 Å². The van der Waals surface area contributed by atoms with Gasteiger partial charge >= 0.3 is 0 Å². The molecule has 0 bridgehead atoms. The predicted molar refractivity (Wildman–Crippen MR) is 98.4 cm³/mol. The summed E-state index contributed by atoms with van der Waals surface area (Å²) >= 11 is 5.18. The van der Waals surface area contributed by atoms with E-state index in [-0.39, 0.29) is 5.91 Å². The van der Waals surface area contributed by atoms with Gasteiger partial charge in [-0.05, 0) is 40.2 Å². The summed E-state index contributed by atoms with van der Waals surface area (Å²) in [6, 6.07) is 7.57. The fourth-order valence-electron chi connectivity index (χ4n) is 2.62. The van der Waals surface area contributed by atoms with Crippen LogP contribution in [0.5, 0.6) is 0 Å². The number of carbonyl (C=O) groups is 1. The van der Waals surface area contributed by atoms with Crippen molar-refractivity contribution in [3.8, 4) is 0 Å². The number of thiophene rings is 1. The summed E-state index contributed by atoms with van der Waals surface area (Å²) in [5.41, 5.74) is 0. The average Bonchev–Trinajstić information content (AvgIpc) is 3.27. The van der Waals surface area contributed by atoms with Gasteiger partial charge in [-0.3, -0.25) is 9.79 Å². The van der Waals surface area contributed by atoms with Crippen molar-refractivity contribution in [2.24, 2.45) is 4.99 Å². The van der Waals surface area contributed by atoms with Gasteiger partial charge in [0.05, 0.1) is 16.6 Å². The van der Waals surface area contributed by atoms with Crippen molar-refractivity contribution in [3.05, 3.63) is 45.0 Å². The molecule has 0 atom stereocenters. The molecule has 1 N–H and O–H groups in total. The molecule has 24 heavy (non-hydrogen) atoms. The fraction of sp³-hybridized carbons (Fsp3) is 0.375. The van der Waals surface area contributed by atoms with Crippen molar-refractivity contribution in [3.63, 3.8) is 0 Å². The Morgan fingerprint density at radius 3 is 2.62 bits per heavy atom. The maximum absolute atomic E-state index is 12.3. The van der Waals surface area contributed by atoms with E-state index in [0.717, 1.165) is 29.4 Å². The van der Waals surface area contributed by atoms with Gasteiger partial charge in [0.25, 0.3) is 5.91 Å². The van der Waals surface area contributed by atoms with Gasteiger partial charge < -0.3 is 19.5 Å². The van der Waals surface area contributed by atoms with Gasteiger partial charge in [0, 0.05) is 38.1 Å². The van der Waals surface area contributed by atoms with Crippen molar-refractivity contribution in [2.45, 2.75) is 6.54 Å². The second-order valence-corrected chi connectivity index (χ2v) is 7.91. The summed E-state index contributed by atoms with van der Waals surface area (Å²) in [4.78, 5) is 21.9. The van der Waals surface area contributed by atoms with Crippen LogP contribution in [0.2, 0.25) is 0 Å². The number of hydrogen-bond donors (Lipinski definition) is 1. The Kier molecular flexibility index (Phi) is 5.57. The van der Waals surface area contributed by atoms with E-state index in [1.165, 1.54) is 11.1 Å². The minimum absolute atomic E-state index is 0.0500. The number of amides is 1. The van der Waals surface area contributed by atoms with Gasteiger partial charge in [-0.2, -0.15) is 0 Å². The van der Waals surface area contributed by atoms with E-state index in [1.807, 2.05) is 11.0 Å². The first-order valence-electron chi connectivity index (χ1n) is 7.70. The monoisotopic (exact) mass is 410 g/mol. The van der Waals surface area contributed by atoms with Crippen LogP contribution in [-0.4, -0.2) is 54.9 Å². The largest absolute Gasteiger partial charge is 0.459 e. The van der Waals surface area contributed by atoms with E-state index in [9.17, 15) is 4.79 Å². The number of hydrogen-bond acceptors (Lipinski definition) is 4. The zero-order valence-corrected chi connectivity index (χ0v) is 15.8. The normalized spacial score (nSPS) is 15.7. The van der Waals surface area contributed by atoms with Crippen LogP contribution in [0.3, 0.4) is 0 Å². The molecule has 0 aromatic carbocycles. The number of furan rings is 1. The summed E-state index contributed by atoms with van der Waals surface area (Å²) < 4.78 is 6.31. The van der Waals surface area contributed by atoms with Crippen LogP contribution < -0.4 is 5.32 Å². The van der Waals surface area contributed by atoms with Gasteiger partial charge in [0.1, 0.15) is 0 Å². The Hall–Kier alpha value is -1.80. The molecule has 0 spiro atoms. The number of carbonyl (C=O) groups excluding carboxylic acids is 1. The van der Waals surface area contributed by atoms with Crippen molar-refractivity contribution in [1.82, 2.24) is 15.1 Å². The summed E-state index contributed by atoms with van der Waals surface area (Å²) in [7, 11) is 1.78. The van der Waals surface area contributed by atoms with Crippen molar-refractivity contribution >= 4 is 39.1 Å². The number of piperazine rings is 1. The molecule has 1 aliphatic rings. The highest BCUT2D eigenvalue weighted by Crippen LogP contribution is 2.21. The molecule has 1 aliphatic heterocycles. The number of rotatable bonds is 3. The predicted octanol–water partition coefficient (Wildman–Crippen LogP) is 2.64. The zero-order valence-electron chi connectivity index (χ0n) is 13.4. The van der Waals surface area contributed by atoms with E-state index < -0.39 is 0 Å². The second-order valence-electron chi connectivity index (χ2n) is 5.36. The third-order valence-electron chi connectivity index (χ3n) is 3.86. The van der Waals surface area contributed by atoms with Crippen LogP contribution in [0.25, 0.3) is 0 Å². The van der Waals surface area contributed by atoms with Crippen molar-refractivity contribution in [1.29, 1.82) is 0 Å². The number of nitrogens with zero attached hydrogens (tertiary/aromatic N) is 3. The van der Waals surface area contributed by atoms with E-state index in [1.54, 1.807) is 30.5 Å². The summed E-state index contributed by atoms with van der Waals surface area (Å²) in [6.45, 7) is 3.56. The van der Waals surface area contributed by atoms with Crippen LogP contribution in [0.4, 0.5) is 0 Å². The Morgan fingerprint density at radius 2 is 2.04 bits per heavy atom. The first kappa shape index (κ1) is 17.0. The number of guanidine groups is 1. The van der Waals surface area contributed by atoms with E-state index >= 15 is 0 Å². The lowest BCUT2D eigenvalue weighted by Gasteiger charge is -2.36. The highest BCUT2D eigenvalue weighted by molar-refractivity contribution is 9.11. The van der Waals surface area contributed by atoms with Crippen LogP contribution in [0.15, 0.2) is 43.7 Å². The van der Waals surface area contributed by atoms with Gasteiger partial charge in [-0.15, -0.1) is 11.3 Å². The molecular formula is C16H19BrN4O2S. The molecule has 0 unspecified atom stereocenters. The summed E-state index contributed by atoms with van der Waals surface area (Å²) in [5, 5.41) is 3.38. The number of halogens is 1. The highest BCUT2D eigenvalue weighted by Gasteiger charge is 2.25. The molecule has 2 aromatic rings. The molecule has 2 aromatic heterocycles. The lowest BCUT2D eigenvalue weighted by molar-refractivity contribution is 0.0657. The van der Waals surface area contributed by atoms with Crippen LogP contribution in [0, 0.1) is 0 Å². The molecule has 8 heteroatoms. The van der Waals surface area contributed by atoms with Gasteiger partial charge in [0.15, 0.2) is 11.7 Å². The second kappa shape index (κ2) is 7.85. The van der Waals surface area contributed by atoms with E-state index in [4.69, 9.17) is 4.42 Å². The summed E-state index contributed by atoms with van der Waals surface area (Å²) in [6.07, 6.45) is 1.53. The quantitative estimate of drug-likeness (QED) is 0.623. The third kappa shape index (κ3) is 3.99. The van der Waals surface area contributed by atoms with Gasteiger partial charge in [-0.25, -0.2) is 0 Å². The Balaban J connectivity index is 1.52. The lowest BCUT2D eigenvalue weighted by atomic mass is 10.3. The molecule has 0 saturated carbocycles. The minimum atomic E-state index is -0.0500. The molecule has 3 rings (SSSR count). The highest BCUT2D eigenvalue weighted by atomic mass is 79.9. The van der Waals surface area contributed by atoms with E-state index in [2.05, 4.69) is 37.2 Å². The molecular weight excluding hydrogens is 392 g/mol. The molecule has 1 saturated heterocycles. The van der Waals surface area contributed by atoms with Gasteiger partial charge in [0.2, 0.25) is 0 Å². The van der Waals surface area contributed by atoms with Crippen molar-refractivity contribution in [2.75, 3.05) is 33.2 Å². The molecule has 1 amide bonds. The standard InChI is InChI=1S/C16H19BrN4O2S/c1-18-16(19-11-12-4-5-14(17)24-12)21-8-6-20(7-9-21)15(22)13-3-2-10-23-13/h2-5,10H,6-9,11H2,1H3,(H,18,19). The van der Waals surface area contributed by atoms with Crippen LogP contribution in [0.1, 0.15) is 15.4 Å². The first-order valence-corrected chi connectivity index (χ1v) is 9.31. The molecule has 128 valence electrons. The topological polar surface area (TPSA) is 61.1 Å². The number of nitrogens with one attached hydrogen (secondary N) is 1. The maximum atomic E-state index is 12.3. The fourth-order valence-corrected chi connectivity index (χ4v) is 4.05. The molecule has 6 nitrogen and oxygen atoms in total. The SMILES string of the molecule is CN=C(NCc1ccc(Br)s1)N1CCN(C(=O)c2ccco2)CC1. The lowest BCUT2D eigenvalue weighted by Crippen LogP contribution is -2.53. The first-order chi connectivity index (χ1) is 11.7. The smallest absolute Gasteiger partial charge is 0.289 e. The summed E-state index contributed by atoms with van der Waals surface area (Å²) in [5.74, 6) is 1.21. The minimum Gasteiger partial charge on any atom is -0.459 e. The maximum Gasteiger partial charge on any atom is 0.289 e. The van der Waals surface area contributed by atoms with Crippen molar-refractivity contribution < 1.29 is 9.21 Å². The van der Waals surface area contributed by atoms with Crippen LogP contribution >= 0.6 is 27.3 Å². The third-order valence-corrected chi connectivity index (χ3v) is 5.48. The molecule has 1 fully saturated rings. The Bertz CT molecular complexity index is 705. The Morgan fingerprint density at radius 1 is 1.29 bits per heavy atom. The molecule has 0 radical (unpaired) electrons. The number of aliphatic imine (C=N–C) groups is 1. The Labute approximate surface area is 153 Å². The van der Waals surface area contributed by atoms with Crippen LogP contribution in [-0.2, 0) is 6.54 Å². The zero-order chi connectivity index (χ0) is 16.9. The molecule has 3 heterocycles. The molecule has 0 aliphatic carbocycles. The van der Waals surface area contributed by atoms with Gasteiger partial charge in [-0.1, -0.05) is 0 Å². The average molecular weight is 411 g/mol.